The molecule has 100 valence electrons. The number of hydrogen-bond acceptors (Lipinski definition) is 1. The van der Waals surface area contributed by atoms with Gasteiger partial charge in [0.25, 0.3) is 0 Å². The Kier molecular flexibility index (Phi) is 5.44. The zero-order valence-corrected chi connectivity index (χ0v) is 12.6. The topological polar surface area (TPSA) is 9.23 Å². The van der Waals surface area contributed by atoms with Crippen molar-refractivity contribution >= 4 is 19.4 Å². The molecule has 1 atom stereocenters. The fraction of sp³-hybridized carbons (Fsp3) is 0.250. The van der Waals surface area contributed by atoms with Gasteiger partial charge in [0.05, 0.1) is 0 Å². The number of alkyl halides is 1. The van der Waals surface area contributed by atoms with Crippen molar-refractivity contribution in [2.45, 2.75) is 17.9 Å². The van der Waals surface area contributed by atoms with Crippen molar-refractivity contribution in [2.75, 3.05) is 7.11 Å². The Morgan fingerprint density at radius 1 is 1.05 bits per heavy atom. The molecule has 2 aromatic rings. The van der Waals surface area contributed by atoms with Crippen LogP contribution in [0.4, 0.5) is 4.39 Å². The first-order valence-corrected chi connectivity index (χ1v) is 8.29. The normalized spacial score (nSPS) is 12.1. The van der Waals surface area contributed by atoms with E-state index in [0.717, 1.165) is 11.3 Å². The first-order chi connectivity index (χ1) is 9.28. The molecule has 3 heteroatoms. The van der Waals surface area contributed by atoms with Crippen LogP contribution in [0.2, 0.25) is 5.32 Å². The summed E-state index contributed by atoms with van der Waals surface area (Å²) >= 11 is 0.215. The molecule has 0 spiro atoms. The van der Waals surface area contributed by atoms with E-state index in [9.17, 15) is 4.39 Å². The molecule has 2 rings (SSSR count). The molecule has 19 heavy (non-hydrogen) atoms. The number of rotatable bonds is 6. The number of ether oxygens (including phenoxy) is 1. The molecule has 0 aliphatic rings. The molecule has 0 saturated heterocycles. The fourth-order valence-corrected chi connectivity index (χ4v) is 3.54. The maximum atomic E-state index is 13.9. The second-order valence-corrected chi connectivity index (χ2v) is 6.57. The van der Waals surface area contributed by atoms with Gasteiger partial charge in [-0.15, -0.1) is 0 Å². The molecular weight excluding hydrogens is 306 g/mol. The predicted octanol–water partition coefficient (Wildman–Crippen LogP) is 3.02. The molecule has 1 nitrogen and oxygen atoms in total. The van der Waals surface area contributed by atoms with Gasteiger partial charge in [0.1, 0.15) is 0 Å². The van der Waals surface area contributed by atoms with Crippen LogP contribution in [-0.4, -0.2) is 28.2 Å². The Balaban J connectivity index is 1.82. The predicted molar refractivity (Wildman–Crippen MR) is 78.2 cm³/mol. The van der Waals surface area contributed by atoms with Crippen molar-refractivity contribution in [3.8, 4) is 5.75 Å². The van der Waals surface area contributed by atoms with E-state index in [-0.39, 0.29) is 15.0 Å². The summed E-state index contributed by atoms with van der Waals surface area (Å²) in [7, 11) is 1.63. The molecule has 2 aromatic carbocycles. The van der Waals surface area contributed by atoms with Crippen molar-refractivity contribution in [3.63, 3.8) is 0 Å². The van der Waals surface area contributed by atoms with E-state index in [4.69, 9.17) is 4.74 Å². The molecule has 1 unspecified atom stereocenters. The van der Waals surface area contributed by atoms with Crippen LogP contribution in [0, 0.1) is 0 Å². The summed E-state index contributed by atoms with van der Waals surface area (Å²) in [5, 5.41) is 0.628. The SMILES string of the molecule is COc1ccc(CC(F)C[Se]c2ccccc2)cc1. The Labute approximate surface area is 120 Å². The maximum absolute atomic E-state index is 13.9. The Morgan fingerprint density at radius 3 is 2.37 bits per heavy atom. The van der Waals surface area contributed by atoms with E-state index in [2.05, 4.69) is 12.1 Å². The van der Waals surface area contributed by atoms with Gasteiger partial charge in [-0.1, -0.05) is 0 Å². The van der Waals surface area contributed by atoms with Gasteiger partial charge in [-0.2, -0.15) is 0 Å². The van der Waals surface area contributed by atoms with Crippen LogP contribution in [0.25, 0.3) is 0 Å². The molecular formula is C16H17FOSe. The van der Waals surface area contributed by atoms with Crippen LogP contribution in [0.5, 0.6) is 5.75 Å². The molecule has 0 amide bonds. The van der Waals surface area contributed by atoms with Crippen LogP contribution >= 0.6 is 0 Å². The Bertz CT molecular complexity index is 484. The third-order valence-electron chi connectivity index (χ3n) is 2.79. The van der Waals surface area contributed by atoms with Crippen molar-refractivity contribution in [2.24, 2.45) is 0 Å². The molecule has 0 aliphatic heterocycles. The van der Waals surface area contributed by atoms with Crippen molar-refractivity contribution in [3.05, 3.63) is 60.2 Å². The van der Waals surface area contributed by atoms with Crippen molar-refractivity contribution in [1.29, 1.82) is 0 Å². The quantitative estimate of drug-likeness (QED) is 0.743. The molecule has 0 radical (unpaired) electrons. The summed E-state index contributed by atoms with van der Waals surface area (Å²) in [6.45, 7) is 0. The Morgan fingerprint density at radius 2 is 1.74 bits per heavy atom. The van der Waals surface area contributed by atoms with E-state index >= 15 is 0 Å². The number of halogens is 1. The first kappa shape index (κ1) is 14.1. The van der Waals surface area contributed by atoms with Gasteiger partial charge in [-0.25, -0.2) is 0 Å². The van der Waals surface area contributed by atoms with Gasteiger partial charge < -0.3 is 0 Å². The Hall–Kier alpha value is -1.31. The van der Waals surface area contributed by atoms with Gasteiger partial charge >= 0.3 is 119 Å². The van der Waals surface area contributed by atoms with E-state index in [1.807, 2.05) is 42.5 Å². The summed E-state index contributed by atoms with van der Waals surface area (Å²) in [6.07, 6.45) is -0.285. The van der Waals surface area contributed by atoms with E-state index < -0.39 is 6.17 Å². The molecule has 0 aliphatic carbocycles. The van der Waals surface area contributed by atoms with Crippen LogP contribution in [0.3, 0.4) is 0 Å². The molecule has 0 bridgehead atoms. The number of hydrogen-bond donors (Lipinski definition) is 0. The zero-order valence-electron chi connectivity index (χ0n) is 10.9. The second kappa shape index (κ2) is 7.32. The van der Waals surface area contributed by atoms with Gasteiger partial charge in [-0.05, 0) is 0 Å². The minimum atomic E-state index is -0.770. The summed E-state index contributed by atoms with van der Waals surface area (Å²) in [5.74, 6) is 0.813. The van der Waals surface area contributed by atoms with Crippen LogP contribution in [0.1, 0.15) is 5.56 Å². The minimum absolute atomic E-state index is 0.215. The molecule has 0 N–H and O–H groups in total. The number of benzene rings is 2. The van der Waals surface area contributed by atoms with E-state index in [0.29, 0.717) is 11.7 Å². The van der Waals surface area contributed by atoms with Gasteiger partial charge in [0.15, 0.2) is 0 Å². The summed E-state index contributed by atoms with van der Waals surface area (Å²) < 4.78 is 20.3. The van der Waals surface area contributed by atoms with Crippen LogP contribution in [0.15, 0.2) is 54.6 Å². The van der Waals surface area contributed by atoms with Gasteiger partial charge in [0, 0.05) is 0 Å². The zero-order chi connectivity index (χ0) is 13.5. The third kappa shape index (κ3) is 4.70. The summed E-state index contributed by atoms with van der Waals surface area (Å²) in [6, 6.07) is 17.8. The van der Waals surface area contributed by atoms with Crippen molar-refractivity contribution < 1.29 is 9.13 Å². The van der Waals surface area contributed by atoms with E-state index in [1.54, 1.807) is 7.11 Å². The average molecular weight is 323 g/mol. The summed E-state index contributed by atoms with van der Waals surface area (Å²) in [4.78, 5) is 0. The third-order valence-corrected chi connectivity index (χ3v) is 5.17. The standard InChI is InChI=1S/C16H17FOSe/c1-18-15-9-7-13(8-10-15)11-14(17)12-19-16-5-3-2-4-6-16/h2-10,14H,11-12H2,1H3. The van der Waals surface area contributed by atoms with Crippen LogP contribution < -0.4 is 9.20 Å². The fourth-order valence-electron chi connectivity index (χ4n) is 1.78. The number of methoxy groups -OCH3 is 1. The van der Waals surface area contributed by atoms with Crippen LogP contribution in [-0.2, 0) is 6.42 Å². The van der Waals surface area contributed by atoms with Gasteiger partial charge in [-0.3, -0.25) is 0 Å². The van der Waals surface area contributed by atoms with Gasteiger partial charge in [0.2, 0.25) is 0 Å². The molecule has 0 saturated carbocycles. The molecule has 0 fully saturated rings. The average Bonchev–Trinajstić information content (AvgIpc) is 2.47. The summed E-state index contributed by atoms with van der Waals surface area (Å²) in [5.41, 5.74) is 1.03. The molecule has 0 heterocycles. The molecule has 0 aromatic heterocycles. The van der Waals surface area contributed by atoms with E-state index in [1.165, 1.54) is 4.46 Å². The first-order valence-electron chi connectivity index (χ1n) is 6.23. The van der Waals surface area contributed by atoms with Crippen molar-refractivity contribution in [1.82, 2.24) is 0 Å². The monoisotopic (exact) mass is 324 g/mol. The second-order valence-electron chi connectivity index (χ2n) is 4.27.